The number of halogens is 1. The molecule has 1 N–H and O–H groups in total. The monoisotopic (exact) mass is 381 g/mol. The van der Waals surface area contributed by atoms with Gasteiger partial charge in [0.2, 0.25) is 0 Å². The number of ketones is 1. The Kier molecular flexibility index (Phi) is 4.07. The maximum Gasteiger partial charge on any atom is 0.259 e. The van der Waals surface area contributed by atoms with Crippen molar-refractivity contribution in [1.29, 1.82) is 0 Å². The van der Waals surface area contributed by atoms with E-state index in [2.05, 4.69) is 23.9 Å². The van der Waals surface area contributed by atoms with Crippen molar-refractivity contribution in [2.45, 2.75) is 53.4 Å². The predicted molar refractivity (Wildman–Crippen MR) is 107 cm³/mol. The number of nitrogens with zero attached hydrogens (tertiary/aromatic N) is 2. The summed E-state index contributed by atoms with van der Waals surface area (Å²) in [6, 6.07) is 4.91. The van der Waals surface area contributed by atoms with Gasteiger partial charge in [-0.3, -0.25) is 9.59 Å². The van der Waals surface area contributed by atoms with Crippen LogP contribution >= 0.6 is 0 Å². The number of hydrogen-bond acceptors (Lipinski definition) is 3. The smallest absolute Gasteiger partial charge is 0.259 e. The highest BCUT2D eigenvalue weighted by molar-refractivity contribution is 6.00. The third-order valence-electron chi connectivity index (χ3n) is 5.49. The van der Waals surface area contributed by atoms with Crippen LogP contribution in [0.15, 0.2) is 23.0 Å². The second kappa shape index (κ2) is 6.12. The molecule has 0 amide bonds. The third-order valence-corrected chi connectivity index (χ3v) is 5.49. The number of aryl methyl sites for hydroxylation is 1. The van der Waals surface area contributed by atoms with Gasteiger partial charge in [0.15, 0.2) is 5.78 Å². The van der Waals surface area contributed by atoms with Crippen molar-refractivity contribution in [2.75, 3.05) is 0 Å². The minimum absolute atomic E-state index is 0.0438. The van der Waals surface area contributed by atoms with Crippen LogP contribution < -0.4 is 5.56 Å². The van der Waals surface area contributed by atoms with Crippen LogP contribution in [-0.2, 0) is 6.42 Å². The molecule has 28 heavy (non-hydrogen) atoms. The number of rotatable bonds is 2. The van der Waals surface area contributed by atoms with Gasteiger partial charge in [-0.25, -0.2) is 9.07 Å². The summed E-state index contributed by atoms with van der Waals surface area (Å²) in [5.74, 6) is -0.399. The first-order chi connectivity index (χ1) is 13.1. The first-order valence-corrected chi connectivity index (χ1v) is 9.56. The molecule has 0 unspecified atom stereocenters. The van der Waals surface area contributed by atoms with E-state index in [0.29, 0.717) is 35.2 Å². The summed E-state index contributed by atoms with van der Waals surface area (Å²) in [6.45, 7) is 9.85. The molecular formula is C22H24FN3O2. The molecule has 1 aliphatic carbocycles. The lowest BCUT2D eigenvalue weighted by atomic mass is 9.75. The number of H-pyrrole nitrogens is 1. The van der Waals surface area contributed by atoms with Gasteiger partial charge in [-0.2, -0.15) is 5.10 Å². The van der Waals surface area contributed by atoms with Gasteiger partial charge in [-0.05, 0) is 42.2 Å². The van der Waals surface area contributed by atoms with Crippen molar-refractivity contribution in [3.63, 3.8) is 0 Å². The Balaban J connectivity index is 1.98. The number of fused-ring (bicyclic) bond motifs is 2. The second-order valence-electron chi connectivity index (χ2n) is 8.86. The van der Waals surface area contributed by atoms with Crippen molar-refractivity contribution >= 4 is 16.6 Å². The Morgan fingerprint density at radius 3 is 2.57 bits per heavy atom. The zero-order valence-electron chi connectivity index (χ0n) is 16.8. The minimum Gasteiger partial charge on any atom is -0.325 e. The van der Waals surface area contributed by atoms with Crippen LogP contribution in [-0.4, -0.2) is 20.5 Å². The predicted octanol–water partition coefficient (Wildman–Crippen LogP) is 4.44. The van der Waals surface area contributed by atoms with Gasteiger partial charge in [0.25, 0.3) is 5.56 Å². The summed E-state index contributed by atoms with van der Waals surface area (Å²) in [7, 11) is 0. The fourth-order valence-electron chi connectivity index (χ4n) is 4.15. The lowest BCUT2D eigenvalue weighted by Gasteiger charge is -2.29. The van der Waals surface area contributed by atoms with Gasteiger partial charge in [0.05, 0.1) is 28.0 Å². The van der Waals surface area contributed by atoms with Crippen LogP contribution in [0.25, 0.3) is 16.5 Å². The number of carbonyl (C=O) groups is 1. The lowest BCUT2D eigenvalue weighted by molar-refractivity contribution is 0.0910. The third kappa shape index (κ3) is 2.87. The topological polar surface area (TPSA) is 67.8 Å². The molecule has 1 aromatic carbocycles. The van der Waals surface area contributed by atoms with E-state index in [1.54, 1.807) is 10.7 Å². The molecular weight excluding hydrogens is 357 g/mol. The largest absolute Gasteiger partial charge is 0.325 e. The summed E-state index contributed by atoms with van der Waals surface area (Å²) in [4.78, 5) is 27.8. The normalized spacial score (nSPS) is 16.0. The summed E-state index contributed by atoms with van der Waals surface area (Å²) < 4.78 is 16.5. The maximum absolute atomic E-state index is 14.9. The van der Waals surface area contributed by atoms with Crippen molar-refractivity contribution in [2.24, 2.45) is 5.41 Å². The Hall–Kier alpha value is -2.76. The van der Waals surface area contributed by atoms with E-state index in [9.17, 15) is 14.0 Å². The quantitative estimate of drug-likeness (QED) is 0.714. The number of pyridine rings is 1. The van der Waals surface area contributed by atoms with E-state index in [1.165, 1.54) is 6.07 Å². The molecule has 6 heteroatoms. The molecule has 1 aliphatic rings. The SMILES string of the molecule is Cc1nn(-c2cc(F)c3c(=O)[nH]c(C(C)C)cc3c2)c2c1C(=O)CC(C)(C)C2. The summed E-state index contributed by atoms with van der Waals surface area (Å²) in [5, 5.41) is 5.13. The van der Waals surface area contributed by atoms with E-state index in [0.717, 1.165) is 11.4 Å². The molecule has 0 aliphatic heterocycles. The second-order valence-corrected chi connectivity index (χ2v) is 8.86. The average molecular weight is 381 g/mol. The number of benzene rings is 1. The summed E-state index contributed by atoms with van der Waals surface area (Å²) in [5.41, 5.74) is 2.79. The van der Waals surface area contributed by atoms with Crippen LogP contribution in [0.2, 0.25) is 0 Å². The van der Waals surface area contributed by atoms with E-state index in [-0.39, 0.29) is 22.5 Å². The molecule has 2 heterocycles. The molecule has 5 nitrogen and oxygen atoms in total. The van der Waals surface area contributed by atoms with Gasteiger partial charge in [-0.1, -0.05) is 27.7 Å². The standard InChI is InChI=1S/C22H24FN3O2/c1-11(2)16-7-13-6-14(8-15(23)20(13)21(28)24-16)26-17-9-22(4,5)10-18(27)19(17)12(3)25-26/h6-8,11H,9-10H2,1-5H3,(H,24,28). The molecule has 146 valence electrons. The van der Waals surface area contributed by atoms with Crippen LogP contribution in [0.4, 0.5) is 4.39 Å². The zero-order chi connectivity index (χ0) is 20.4. The van der Waals surface area contributed by atoms with E-state index < -0.39 is 11.4 Å². The highest BCUT2D eigenvalue weighted by atomic mass is 19.1. The number of Topliss-reactive ketones (excluding diaryl/α,β-unsaturated/α-hetero) is 1. The Bertz CT molecular complexity index is 1180. The van der Waals surface area contributed by atoms with Crippen molar-refractivity contribution in [3.05, 3.63) is 57.0 Å². The highest BCUT2D eigenvalue weighted by Gasteiger charge is 2.35. The number of aromatic amines is 1. The first-order valence-electron chi connectivity index (χ1n) is 9.56. The van der Waals surface area contributed by atoms with Crippen molar-refractivity contribution < 1.29 is 9.18 Å². The van der Waals surface area contributed by atoms with Gasteiger partial charge >= 0.3 is 0 Å². The number of nitrogens with one attached hydrogen (secondary N) is 1. The fourth-order valence-corrected chi connectivity index (χ4v) is 4.15. The molecule has 0 saturated heterocycles. The molecule has 0 saturated carbocycles. The fraction of sp³-hybridized carbons (Fsp3) is 0.409. The minimum atomic E-state index is -0.590. The maximum atomic E-state index is 14.9. The van der Waals surface area contributed by atoms with Gasteiger partial charge in [0.1, 0.15) is 5.82 Å². The van der Waals surface area contributed by atoms with Gasteiger partial charge < -0.3 is 4.98 Å². The molecule has 0 radical (unpaired) electrons. The van der Waals surface area contributed by atoms with Crippen LogP contribution in [0.1, 0.15) is 67.5 Å². The number of hydrogen-bond donors (Lipinski definition) is 1. The first kappa shape index (κ1) is 18.6. The summed E-state index contributed by atoms with van der Waals surface area (Å²) in [6.07, 6.45) is 1.16. The van der Waals surface area contributed by atoms with Crippen LogP contribution in [0, 0.1) is 18.2 Å². The van der Waals surface area contributed by atoms with Crippen LogP contribution in [0.3, 0.4) is 0 Å². The molecule has 3 aromatic rings. The van der Waals surface area contributed by atoms with E-state index in [4.69, 9.17) is 0 Å². The Morgan fingerprint density at radius 2 is 1.89 bits per heavy atom. The summed E-state index contributed by atoms with van der Waals surface area (Å²) >= 11 is 0. The van der Waals surface area contributed by atoms with Gasteiger partial charge in [-0.15, -0.1) is 0 Å². The molecule has 0 spiro atoms. The van der Waals surface area contributed by atoms with Gasteiger partial charge in [0, 0.05) is 18.2 Å². The molecule has 0 fully saturated rings. The van der Waals surface area contributed by atoms with Crippen LogP contribution in [0.5, 0.6) is 0 Å². The Morgan fingerprint density at radius 1 is 1.18 bits per heavy atom. The highest BCUT2D eigenvalue weighted by Crippen LogP contribution is 2.37. The van der Waals surface area contributed by atoms with Crippen molar-refractivity contribution in [3.8, 4) is 5.69 Å². The van der Waals surface area contributed by atoms with Crippen molar-refractivity contribution in [1.82, 2.24) is 14.8 Å². The molecule has 4 rings (SSSR count). The zero-order valence-corrected chi connectivity index (χ0v) is 16.8. The molecule has 0 atom stereocenters. The van der Waals surface area contributed by atoms with E-state index in [1.807, 2.05) is 26.8 Å². The van der Waals surface area contributed by atoms with E-state index >= 15 is 0 Å². The number of aromatic nitrogens is 3. The molecule has 0 bridgehead atoms. The number of carbonyl (C=O) groups excluding carboxylic acids is 1. The lowest BCUT2D eigenvalue weighted by Crippen LogP contribution is -2.28. The average Bonchev–Trinajstić information content (AvgIpc) is 2.89. The molecule has 2 aromatic heterocycles. The Labute approximate surface area is 162 Å².